The molecule has 1 rings (SSSR count). The first kappa shape index (κ1) is 11.3. The van der Waals surface area contributed by atoms with Gasteiger partial charge in [0.1, 0.15) is 0 Å². The first-order valence-electron chi connectivity index (χ1n) is 5.44. The maximum Gasteiger partial charge on any atom is 0.000703 e. The van der Waals surface area contributed by atoms with Gasteiger partial charge in [0.15, 0.2) is 0 Å². The van der Waals surface area contributed by atoms with Crippen molar-refractivity contribution in [1.82, 2.24) is 4.90 Å². The molecule has 0 aliphatic heterocycles. The number of hydrogen-bond acceptors (Lipinski definition) is 1. The lowest BCUT2D eigenvalue weighted by Crippen LogP contribution is -2.25. The molecule has 0 saturated heterocycles. The first-order valence-corrected chi connectivity index (χ1v) is 5.44. The molecule has 1 aromatic carbocycles. The lowest BCUT2D eigenvalue weighted by atomic mass is 10.0. The average Bonchev–Trinajstić information content (AvgIpc) is 2.19. The van der Waals surface area contributed by atoms with Crippen molar-refractivity contribution in [2.75, 3.05) is 20.1 Å². The van der Waals surface area contributed by atoms with Crippen LogP contribution in [-0.2, 0) is 6.42 Å². The molecule has 0 radical (unpaired) electrons. The zero-order valence-corrected chi connectivity index (χ0v) is 9.53. The van der Waals surface area contributed by atoms with E-state index in [1.165, 1.54) is 18.5 Å². The minimum Gasteiger partial charge on any atom is -0.306 e. The van der Waals surface area contributed by atoms with Gasteiger partial charge >= 0.3 is 0 Å². The van der Waals surface area contributed by atoms with Gasteiger partial charge in [-0.15, -0.1) is 0 Å². The summed E-state index contributed by atoms with van der Waals surface area (Å²) < 4.78 is 0. The van der Waals surface area contributed by atoms with Crippen molar-refractivity contribution in [1.29, 1.82) is 0 Å². The van der Waals surface area contributed by atoms with Crippen LogP contribution in [0.15, 0.2) is 30.3 Å². The quantitative estimate of drug-likeness (QED) is 0.691. The van der Waals surface area contributed by atoms with Crippen molar-refractivity contribution < 1.29 is 0 Å². The summed E-state index contributed by atoms with van der Waals surface area (Å²) in [5, 5.41) is 0. The molecule has 0 aliphatic carbocycles. The molecule has 1 nitrogen and oxygen atoms in total. The maximum absolute atomic E-state index is 2.37. The Bertz CT molecular complexity index is 243. The third-order valence-electron chi connectivity index (χ3n) is 2.59. The summed E-state index contributed by atoms with van der Waals surface area (Å²) in [6, 6.07) is 10.7. The Hall–Kier alpha value is -0.820. The Morgan fingerprint density at radius 1 is 1.21 bits per heavy atom. The van der Waals surface area contributed by atoms with Gasteiger partial charge in [-0.25, -0.2) is 0 Å². The van der Waals surface area contributed by atoms with Gasteiger partial charge in [-0.3, -0.25) is 0 Å². The molecular weight excluding hydrogens is 170 g/mol. The lowest BCUT2D eigenvalue weighted by molar-refractivity contribution is 0.298. The van der Waals surface area contributed by atoms with E-state index in [4.69, 9.17) is 0 Å². The highest BCUT2D eigenvalue weighted by atomic mass is 15.1. The summed E-state index contributed by atoms with van der Waals surface area (Å²) >= 11 is 0. The van der Waals surface area contributed by atoms with Crippen molar-refractivity contribution in [3.63, 3.8) is 0 Å². The van der Waals surface area contributed by atoms with Gasteiger partial charge in [-0.2, -0.15) is 0 Å². The van der Waals surface area contributed by atoms with Crippen LogP contribution in [0.25, 0.3) is 0 Å². The molecule has 0 aliphatic rings. The predicted molar refractivity (Wildman–Crippen MR) is 62.5 cm³/mol. The minimum absolute atomic E-state index is 0.738. The van der Waals surface area contributed by atoms with Crippen LogP contribution >= 0.6 is 0 Å². The third-order valence-corrected chi connectivity index (χ3v) is 2.59. The van der Waals surface area contributed by atoms with Crippen LogP contribution in [0.3, 0.4) is 0 Å². The van der Waals surface area contributed by atoms with Gasteiger partial charge in [0.05, 0.1) is 0 Å². The van der Waals surface area contributed by atoms with Crippen molar-refractivity contribution in [2.24, 2.45) is 5.92 Å². The minimum atomic E-state index is 0.738. The normalized spacial score (nSPS) is 13.1. The second kappa shape index (κ2) is 5.82. The predicted octanol–water partition coefficient (Wildman–Crippen LogP) is 2.82. The van der Waals surface area contributed by atoms with E-state index in [0.717, 1.165) is 12.5 Å². The summed E-state index contributed by atoms with van der Waals surface area (Å²) in [4.78, 5) is 2.37. The van der Waals surface area contributed by atoms with E-state index in [1.807, 2.05) is 0 Å². The molecule has 0 aromatic heterocycles. The zero-order chi connectivity index (χ0) is 10.4. The molecule has 0 N–H and O–H groups in total. The van der Waals surface area contributed by atoms with Crippen LogP contribution in [0, 0.1) is 5.92 Å². The monoisotopic (exact) mass is 191 g/mol. The largest absolute Gasteiger partial charge is 0.306 e. The summed E-state index contributed by atoms with van der Waals surface area (Å²) in [7, 11) is 2.18. The van der Waals surface area contributed by atoms with E-state index < -0.39 is 0 Å². The molecule has 1 heteroatoms. The van der Waals surface area contributed by atoms with Crippen molar-refractivity contribution >= 4 is 0 Å². The fraction of sp³-hybridized carbons (Fsp3) is 0.538. The highest BCUT2D eigenvalue weighted by molar-refractivity contribution is 5.15. The fourth-order valence-corrected chi connectivity index (χ4v) is 1.74. The fourth-order valence-electron chi connectivity index (χ4n) is 1.74. The van der Waals surface area contributed by atoms with Gasteiger partial charge in [-0.1, -0.05) is 44.2 Å². The molecule has 14 heavy (non-hydrogen) atoms. The smallest absolute Gasteiger partial charge is 0.000703 e. The van der Waals surface area contributed by atoms with E-state index in [-0.39, 0.29) is 0 Å². The SMILES string of the molecule is CCN(C)CC(C)Cc1ccccc1. The van der Waals surface area contributed by atoms with Gasteiger partial charge in [0, 0.05) is 6.54 Å². The Labute approximate surface area is 87.7 Å². The molecule has 1 aromatic rings. The van der Waals surface area contributed by atoms with E-state index in [0.29, 0.717) is 0 Å². The van der Waals surface area contributed by atoms with E-state index in [1.54, 1.807) is 0 Å². The van der Waals surface area contributed by atoms with Crippen LogP contribution in [0.4, 0.5) is 0 Å². The van der Waals surface area contributed by atoms with E-state index in [2.05, 4.69) is 56.1 Å². The van der Waals surface area contributed by atoms with E-state index >= 15 is 0 Å². The second-order valence-corrected chi connectivity index (χ2v) is 4.15. The summed E-state index contributed by atoms with van der Waals surface area (Å²) in [6.45, 7) is 6.85. The van der Waals surface area contributed by atoms with Gasteiger partial charge < -0.3 is 4.90 Å². The first-order chi connectivity index (χ1) is 6.72. The van der Waals surface area contributed by atoms with Gasteiger partial charge in [0.2, 0.25) is 0 Å². The second-order valence-electron chi connectivity index (χ2n) is 4.15. The van der Waals surface area contributed by atoms with Crippen molar-refractivity contribution in [2.45, 2.75) is 20.3 Å². The average molecular weight is 191 g/mol. The molecule has 78 valence electrons. The Balaban J connectivity index is 2.37. The molecule has 1 atom stereocenters. The van der Waals surface area contributed by atoms with Crippen molar-refractivity contribution in [3.05, 3.63) is 35.9 Å². The number of benzene rings is 1. The summed E-state index contributed by atoms with van der Waals surface area (Å²) in [5.74, 6) is 0.738. The molecule has 1 unspecified atom stereocenters. The topological polar surface area (TPSA) is 3.24 Å². The van der Waals surface area contributed by atoms with Crippen LogP contribution in [0.5, 0.6) is 0 Å². The maximum atomic E-state index is 2.37. The zero-order valence-electron chi connectivity index (χ0n) is 9.53. The number of hydrogen-bond donors (Lipinski definition) is 0. The Morgan fingerprint density at radius 2 is 1.86 bits per heavy atom. The van der Waals surface area contributed by atoms with Crippen LogP contribution in [0.1, 0.15) is 19.4 Å². The van der Waals surface area contributed by atoms with Gasteiger partial charge in [0.25, 0.3) is 0 Å². The Morgan fingerprint density at radius 3 is 2.43 bits per heavy atom. The summed E-state index contributed by atoms with van der Waals surface area (Å²) in [5.41, 5.74) is 1.45. The molecule has 0 heterocycles. The lowest BCUT2D eigenvalue weighted by Gasteiger charge is -2.19. The molecule has 0 saturated carbocycles. The van der Waals surface area contributed by atoms with Crippen molar-refractivity contribution in [3.8, 4) is 0 Å². The Kier molecular flexibility index (Phi) is 4.68. The highest BCUT2D eigenvalue weighted by Crippen LogP contribution is 2.08. The molecule has 0 fully saturated rings. The molecule has 0 bridgehead atoms. The molecule has 0 spiro atoms. The summed E-state index contributed by atoms with van der Waals surface area (Å²) in [6.07, 6.45) is 1.19. The number of nitrogens with zero attached hydrogens (tertiary/aromatic N) is 1. The van der Waals surface area contributed by atoms with Crippen LogP contribution < -0.4 is 0 Å². The molecular formula is C13H21N. The van der Waals surface area contributed by atoms with Gasteiger partial charge in [-0.05, 0) is 31.5 Å². The standard InChI is InChI=1S/C13H21N/c1-4-14(3)11-12(2)10-13-8-6-5-7-9-13/h5-9,12H,4,10-11H2,1-3H3. The highest BCUT2D eigenvalue weighted by Gasteiger charge is 2.05. The molecule has 0 amide bonds. The number of rotatable bonds is 5. The van der Waals surface area contributed by atoms with Crippen LogP contribution in [-0.4, -0.2) is 25.0 Å². The van der Waals surface area contributed by atoms with Crippen LogP contribution in [0.2, 0.25) is 0 Å². The van der Waals surface area contributed by atoms with E-state index in [9.17, 15) is 0 Å². The third kappa shape index (κ3) is 3.93.